The van der Waals surface area contributed by atoms with Gasteiger partial charge in [0.05, 0.1) is 6.10 Å². The first-order valence-corrected chi connectivity index (χ1v) is 8.34. The van der Waals surface area contributed by atoms with E-state index in [4.69, 9.17) is 16.3 Å². The molecule has 0 aromatic carbocycles. The van der Waals surface area contributed by atoms with E-state index in [9.17, 15) is 0 Å². The van der Waals surface area contributed by atoms with Crippen LogP contribution in [0.4, 0.5) is 0 Å². The van der Waals surface area contributed by atoms with Crippen LogP contribution in [0, 0.1) is 11.3 Å². The second-order valence-corrected chi connectivity index (χ2v) is 7.27. The average Bonchev–Trinajstić information content (AvgIpc) is 2.60. The van der Waals surface area contributed by atoms with Gasteiger partial charge in [0.2, 0.25) is 0 Å². The zero-order chi connectivity index (χ0) is 13.0. The van der Waals surface area contributed by atoms with Crippen molar-refractivity contribution in [1.82, 2.24) is 0 Å². The number of ether oxygens (including phenoxy) is 1. The molecule has 18 heavy (non-hydrogen) atoms. The monoisotopic (exact) mass is 272 g/mol. The molecule has 2 unspecified atom stereocenters. The average molecular weight is 273 g/mol. The van der Waals surface area contributed by atoms with Gasteiger partial charge >= 0.3 is 0 Å². The zero-order valence-corrected chi connectivity index (χ0v) is 12.8. The van der Waals surface area contributed by atoms with Gasteiger partial charge in [-0.05, 0) is 38.0 Å². The molecule has 2 heteroatoms. The van der Waals surface area contributed by atoms with E-state index < -0.39 is 0 Å². The molecule has 2 aliphatic carbocycles. The normalized spacial score (nSPS) is 31.3. The van der Waals surface area contributed by atoms with Crippen LogP contribution < -0.4 is 0 Å². The number of halogens is 1. The molecule has 0 aromatic rings. The molecule has 106 valence electrons. The number of rotatable bonds is 5. The lowest BCUT2D eigenvalue weighted by atomic mass is 9.61. The lowest BCUT2D eigenvalue weighted by molar-refractivity contribution is -0.116. The van der Waals surface area contributed by atoms with E-state index in [1.807, 2.05) is 0 Å². The molecule has 2 atom stereocenters. The van der Waals surface area contributed by atoms with Crippen LogP contribution in [0.2, 0.25) is 0 Å². The largest absolute Gasteiger partial charge is 0.378 e. The Kier molecular flexibility index (Phi) is 5.38. The molecule has 0 radical (unpaired) electrons. The van der Waals surface area contributed by atoms with Gasteiger partial charge in [-0.25, -0.2) is 0 Å². The van der Waals surface area contributed by atoms with Crippen molar-refractivity contribution in [2.45, 2.75) is 83.1 Å². The minimum atomic E-state index is 0.343. The second-order valence-electron chi connectivity index (χ2n) is 6.75. The molecular weight excluding hydrogens is 244 g/mol. The van der Waals surface area contributed by atoms with Gasteiger partial charge in [-0.15, -0.1) is 11.6 Å². The summed E-state index contributed by atoms with van der Waals surface area (Å²) in [6.45, 7) is 5.50. The molecule has 0 aliphatic heterocycles. The minimum absolute atomic E-state index is 0.343. The van der Waals surface area contributed by atoms with E-state index in [1.165, 1.54) is 51.4 Å². The summed E-state index contributed by atoms with van der Waals surface area (Å²) in [5, 5.41) is 0.380. The molecule has 0 amide bonds. The van der Waals surface area contributed by atoms with E-state index >= 15 is 0 Å². The fourth-order valence-electron chi connectivity index (χ4n) is 3.67. The van der Waals surface area contributed by atoms with Crippen LogP contribution in [0.3, 0.4) is 0 Å². The Balaban J connectivity index is 1.78. The lowest BCUT2D eigenvalue weighted by Crippen LogP contribution is -2.55. The predicted octanol–water partition coefficient (Wildman–Crippen LogP) is 5.16. The summed E-state index contributed by atoms with van der Waals surface area (Å²) < 4.78 is 6.16. The van der Waals surface area contributed by atoms with Crippen molar-refractivity contribution in [2.24, 2.45) is 11.3 Å². The first-order chi connectivity index (χ1) is 8.65. The van der Waals surface area contributed by atoms with Gasteiger partial charge in [-0.3, -0.25) is 0 Å². The first-order valence-electron chi connectivity index (χ1n) is 7.91. The van der Waals surface area contributed by atoms with E-state index in [2.05, 4.69) is 13.8 Å². The van der Waals surface area contributed by atoms with Crippen LogP contribution in [0.5, 0.6) is 0 Å². The van der Waals surface area contributed by atoms with Crippen LogP contribution in [0.15, 0.2) is 0 Å². The highest BCUT2D eigenvalue weighted by molar-refractivity contribution is 6.21. The summed E-state index contributed by atoms with van der Waals surface area (Å²) in [7, 11) is 0. The maximum Gasteiger partial charge on any atom is 0.0659 e. The molecular formula is C16H29ClO. The van der Waals surface area contributed by atoms with Crippen molar-refractivity contribution in [3.63, 3.8) is 0 Å². The van der Waals surface area contributed by atoms with Gasteiger partial charge in [0, 0.05) is 17.4 Å². The Morgan fingerprint density at radius 1 is 1.17 bits per heavy atom. The highest BCUT2D eigenvalue weighted by atomic mass is 35.5. The van der Waals surface area contributed by atoms with Crippen molar-refractivity contribution in [1.29, 1.82) is 0 Å². The number of alkyl halides is 1. The zero-order valence-electron chi connectivity index (χ0n) is 12.1. The van der Waals surface area contributed by atoms with Crippen LogP contribution >= 0.6 is 11.6 Å². The molecule has 1 nitrogen and oxygen atoms in total. The first kappa shape index (κ1) is 14.7. The standard InChI is InChI=1S/C16H29ClO/c1-13(2)8-7-11-18-15-12-14(17)16(15)9-5-3-4-6-10-16/h13-15H,3-12H2,1-2H3. The predicted molar refractivity (Wildman–Crippen MR) is 78.2 cm³/mol. The molecule has 1 spiro atoms. The molecule has 0 bridgehead atoms. The Labute approximate surface area is 118 Å². The highest BCUT2D eigenvalue weighted by Crippen LogP contribution is 2.55. The van der Waals surface area contributed by atoms with Crippen molar-refractivity contribution < 1.29 is 4.74 Å². The molecule has 2 rings (SSSR count). The lowest BCUT2D eigenvalue weighted by Gasteiger charge is -2.53. The molecule has 0 saturated heterocycles. The third kappa shape index (κ3) is 3.22. The van der Waals surface area contributed by atoms with Crippen LogP contribution in [0.25, 0.3) is 0 Å². The smallest absolute Gasteiger partial charge is 0.0659 e. The van der Waals surface area contributed by atoms with Gasteiger partial charge in [-0.2, -0.15) is 0 Å². The molecule has 0 heterocycles. The summed E-state index contributed by atoms with van der Waals surface area (Å²) in [4.78, 5) is 0. The van der Waals surface area contributed by atoms with Gasteiger partial charge in [-0.1, -0.05) is 39.5 Å². The van der Waals surface area contributed by atoms with Crippen molar-refractivity contribution in [3.8, 4) is 0 Å². The Bertz CT molecular complexity index is 243. The summed E-state index contributed by atoms with van der Waals surface area (Å²) in [6, 6.07) is 0. The maximum atomic E-state index is 6.54. The van der Waals surface area contributed by atoms with Crippen LogP contribution in [-0.2, 0) is 4.74 Å². The van der Waals surface area contributed by atoms with E-state index in [0.29, 0.717) is 16.9 Å². The molecule has 2 aliphatic rings. The van der Waals surface area contributed by atoms with Crippen LogP contribution in [0.1, 0.15) is 71.6 Å². The SMILES string of the molecule is CC(C)CCCOC1CC(Cl)C12CCCCCC2. The summed E-state index contributed by atoms with van der Waals surface area (Å²) in [5.41, 5.74) is 0.343. The van der Waals surface area contributed by atoms with E-state index in [0.717, 1.165) is 18.9 Å². The number of hydrogen-bond donors (Lipinski definition) is 0. The quantitative estimate of drug-likeness (QED) is 0.496. The fourth-order valence-corrected chi connectivity index (χ4v) is 4.19. The Hall–Kier alpha value is 0.250. The van der Waals surface area contributed by atoms with Crippen molar-refractivity contribution in [2.75, 3.05) is 6.61 Å². The summed E-state index contributed by atoms with van der Waals surface area (Å²) >= 11 is 6.54. The van der Waals surface area contributed by atoms with Crippen molar-refractivity contribution >= 4 is 11.6 Å². The maximum absolute atomic E-state index is 6.54. The molecule has 0 N–H and O–H groups in total. The number of hydrogen-bond acceptors (Lipinski definition) is 1. The Morgan fingerprint density at radius 3 is 2.39 bits per heavy atom. The summed E-state index contributed by atoms with van der Waals surface area (Å²) in [5.74, 6) is 0.794. The second kappa shape index (κ2) is 6.61. The Morgan fingerprint density at radius 2 is 1.83 bits per heavy atom. The molecule has 0 aromatic heterocycles. The summed E-state index contributed by atoms with van der Waals surface area (Å²) in [6.07, 6.45) is 12.1. The van der Waals surface area contributed by atoms with Crippen LogP contribution in [-0.4, -0.2) is 18.1 Å². The minimum Gasteiger partial charge on any atom is -0.378 e. The molecule has 2 fully saturated rings. The van der Waals surface area contributed by atoms with Gasteiger partial charge < -0.3 is 4.74 Å². The van der Waals surface area contributed by atoms with E-state index in [1.54, 1.807) is 0 Å². The fraction of sp³-hybridized carbons (Fsp3) is 1.00. The molecule has 2 saturated carbocycles. The highest BCUT2D eigenvalue weighted by Gasteiger charge is 2.54. The third-order valence-corrected chi connectivity index (χ3v) is 5.58. The van der Waals surface area contributed by atoms with E-state index in [-0.39, 0.29) is 0 Å². The van der Waals surface area contributed by atoms with Crippen molar-refractivity contribution in [3.05, 3.63) is 0 Å². The topological polar surface area (TPSA) is 9.23 Å². The van der Waals surface area contributed by atoms with Gasteiger partial charge in [0.1, 0.15) is 0 Å². The van der Waals surface area contributed by atoms with Gasteiger partial charge in [0.15, 0.2) is 0 Å². The van der Waals surface area contributed by atoms with Gasteiger partial charge in [0.25, 0.3) is 0 Å². The third-order valence-electron chi connectivity index (χ3n) is 4.97.